The van der Waals surface area contributed by atoms with Gasteiger partial charge >= 0.3 is 16.3 Å². The topological polar surface area (TPSA) is 191 Å². The third-order valence-corrected chi connectivity index (χ3v) is 5.21. The molecule has 2 aliphatic rings. The van der Waals surface area contributed by atoms with E-state index in [0.29, 0.717) is 4.90 Å². The molecule has 0 aromatic heterocycles. The lowest BCUT2D eigenvalue weighted by atomic mass is 10.0. The van der Waals surface area contributed by atoms with E-state index in [-0.39, 0.29) is 10.7 Å². The molecule has 2 heterocycles. The number of methoxy groups -OCH3 is 1. The first kappa shape index (κ1) is 20.0. The van der Waals surface area contributed by atoms with Crippen LogP contribution in [0.1, 0.15) is 19.8 Å². The predicted octanol–water partition coefficient (Wildman–Crippen LogP) is -3.13. The second-order valence-electron chi connectivity index (χ2n) is 5.87. The van der Waals surface area contributed by atoms with Crippen LogP contribution in [0.4, 0.5) is 0 Å². The molecule has 4 N–H and O–H groups in total. The Kier molecular flexibility index (Phi) is 4.74. The first-order chi connectivity index (χ1) is 11.8. The normalized spacial score (nSPS) is 30.2. The number of carboxylic acid groups (broad SMARTS) is 1. The summed E-state index contributed by atoms with van der Waals surface area (Å²) in [4.78, 5) is 48.0. The van der Waals surface area contributed by atoms with E-state index in [4.69, 9.17) is 14.4 Å². The molecule has 2 rings (SSSR count). The predicted molar refractivity (Wildman–Crippen MR) is 79.3 cm³/mol. The lowest BCUT2D eigenvalue weighted by Crippen LogP contribution is -2.77. The molecule has 0 spiro atoms. The number of nitrogens with one attached hydrogen (secondary N) is 1. The highest BCUT2D eigenvalue weighted by Gasteiger charge is 2.60. The van der Waals surface area contributed by atoms with Crippen LogP contribution in [-0.2, 0) is 34.2 Å². The number of ether oxygens (including phenoxy) is 1. The molecule has 0 radical (unpaired) electrons. The number of aliphatic carboxylic acids is 1. The van der Waals surface area contributed by atoms with Crippen LogP contribution in [0.15, 0.2) is 0 Å². The number of amides is 3. The number of hydrogen-bond donors (Lipinski definition) is 4. The first-order valence-corrected chi connectivity index (χ1v) is 8.64. The third kappa shape index (κ3) is 2.90. The summed E-state index contributed by atoms with van der Waals surface area (Å²) in [7, 11) is -3.84. The summed E-state index contributed by atoms with van der Waals surface area (Å²) >= 11 is 0. The molecular formula is C12H17N3O10S. The van der Waals surface area contributed by atoms with Crippen molar-refractivity contribution in [3.8, 4) is 0 Å². The van der Waals surface area contributed by atoms with Gasteiger partial charge in [0, 0.05) is 20.0 Å². The summed E-state index contributed by atoms with van der Waals surface area (Å²) in [6, 6.07) is -1.51. The van der Waals surface area contributed by atoms with Crippen molar-refractivity contribution < 1.29 is 47.1 Å². The maximum absolute atomic E-state index is 12.4. The molecule has 26 heavy (non-hydrogen) atoms. The largest absolute Gasteiger partial charge is 0.478 e. The van der Waals surface area contributed by atoms with E-state index in [9.17, 15) is 32.7 Å². The number of carbonyl (C=O) groups excluding carboxylic acids is 3. The summed E-state index contributed by atoms with van der Waals surface area (Å²) < 4.78 is 35.8. The molecule has 0 saturated carbocycles. The monoisotopic (exact) mass is 395 g/mol. The number of aliphatic hydroxyl groups is 1. The van der Waals surface area contributed by atoms with Gasteiger partial charge in [-0.3, -0.25) is 23.8 Å². The van der Waals surface area contributed by atoms with E-state index in [0.717, 1.165) is 14.0 Å². The van der Waals surface area contributed by atoms with Gasteiger partial charge in [-0.25, -0.2) is 9.10 Å². The van der Waals surface area contributed by atoms with Crippen molar-refractivity contribution in [3.63, 3.8) is 0 Å². The Bertz CT molecular complexity index is 782. The van der Waals surface area contributed by atoms with Crippen LogP contribution < -0.4 is 5.32 Å². The average molecular weight is 395 g/mol. The fourth-order valence-electron chi connectivity index (χ4n) is 2.83. The van der Waals surface area contributed by atoms with E-state index in [2.05, 4.69) is 5.32 Å². The minimum atomic E-state index is -4.84. The molecule has 0 aromatic rings. The average Bonchev–Trinajstić information content (AvgIpc) is 2.84. The van der Waals surface area contributed by atoms with Gasteiger partial charge in [0.05, 0.1) is 6.54 Å². The molecule has 0 aromatic carbocycles. The maximum atomic E-state index is 12.4. The number of rotatable bonds is 6. The van der Waals surface area contributed by atoms with Crippen LogP contribution in [-0.4, -0.2) is 87.2 Å². The Balaban J connectivity index is 2.20. The molecular weight excluding hydrogens is 378 g/mol. The smallest absolute Gasteiger partial charge is 0.362 e. The van der Waals surface area contributed by atoms with Crippen molar-refractivity contribution in [3.05, 3.63) is 0 Å². The van der Waals surface area contributed by atoms with Crippen LogP contribution in [0.2, 0.25) is 0 Å². The molecule has 14 heteroatoms. The maximum Gasteiger partial charge on any atom is 0.362 e. The van der Waals surface area contributed by atoms with E-state index < -0.39 is 64.5 Å². The summed E-state index contributed by atoms with van der Waals surface area (Å²) in [5.41, 5.74) is -4.69. The Morgan fingerprint density at radius 1 is 1.35 bits per heavy atom. The molecule has 0 aliphatic carbocycles. The first-order valence-electron chi connectivity index (χ1n) is 7.25. The van der Waals surface area contributed by atoms with E-state index in [1.165, 1.54) is 0 Å². The Labute approximate surface area is 147 Å². The van der Waals surface area contributed by atoms with Gasteiger partial charge in [0.15, 0.2) is 0 Å². The fraction of sp³-hybridized carbons (Fsp3) is 0.667. The van der Waals surface area contributed by atoms with Gasteiger partial charge < -0.3 is 20.3 Å². The lowest BCUT2D eigenvalue weighted by molar-refractivity contribution is -0.190. The number of carboxylic acids is 1. The van der Waals surface area contributed by atoms with Crippen molar-refractivity contribution >= 4 is 34.0 Å². The van der Waals surface area contributed by atoms with E-state index >= 15 is 0 Å². The van der Waals surface area contributed by atoms with Crippen molar-refractivity contribution in [1.82, 2.24) is 14.5 Å². The summed E-state index contributed by atoms with van der Waals surface area (Å²) in [5.74, 6) is -4.85. The van der Waals surface area contributed by atoms with Crippen LogP contribution >= 0.6 is 0 Å². The highest BCUT2D eigenvalue weighted by Crippen LogP contribution is 2.31. The van der Waals surface area contributed by atoms with Gasteiger partial charge in [-0.1, -0.05) is 0 Å². The summed E-state index contributed by atoms with van der Waals surface area (Å²) in [6.45, 7) is 0.399. The van der Waals surface area contributed by atoms with Gasteiger partial charge in [0.1, 0.15) is 6.04 Å². The fourth-order valence-corrected chi connectivity index (χ4v) is 3.53. The van der Waals surface area contributed by atoms with Crippen LogP contribution in [0.5, 0.6) is 0 Å². The molecule has 13 nitrogen and oxygen atoms in total. The zero-order valence-corrected chi connectivity index (χ0v) is 14.5. The zero-order chi connectivity index (χ0) is 20.1. The summed E-state index contributed by atoms with van der Waals surface area (Å²) in [5, 5.41) is 21.4. The standard InChI is InChI=1S/C12H17N3O10S/c1-6(15-7(16)3-4-12(15,21)10(19)20)8(17)13-11(25-2)5-14(9(11)18)26(22,23)24/h6,21H,3-5H2,1-2H3,(H,13,17)(H,19,20)(H,22,23,24). The number of β-lactam (4-membered cyclic amide) rings is 1. The van der Waals surface area contributed by atoms with E-state index in [1.54, 1.807) is 0 Å². The van der Waals surface area contributed by atoms with Crippen LogP contribution in [0.25, 0.3) is 0 Å². The Hall–Kier alpha value is -2.29. The highest BCUT2D eigenvalue weighted by atomic mass is 32.2. The number of nitrogens with zero attached hydrogens (tertiary/aromatic N) is 2. The van der Waals surface area contributed by atoms with Crippen molar-refractivity contribution in [2.75, 3.05) is 13.7 Å². The van der Waals surface area contributed by atoms with Gasteiger partial charge in [0.25, 0.3) is 5.91 Å². The minimum Gasteiger partial charge on any atom is -0.478 e. The highest BCUT2D eigenvalue weighted by molar-refractivity contribution is 7.84. The molecule has 3 amide bonds. The summed E-state index contributed by atoms with van der Waals surface area (Å²) in [6.07, 6.45) is -0.727. The van der Waals surface area contributed by atoms with Crippen LogP contribution in [0.3, 0.4) is 0 Å². The molecule has 0 bridgehead atoms. The molecule has 2 saturated heterocycles. The van der Waals surface area contributed by atoms with Gasteiger partial charge in [-0.05, 0) is 6.92 Å². The van der Waals surface area contributed by atoms with Gasteiger partial charge in [0.2, 0.25) is 23.3 Å². The molecule has 2 fully saturated rings. The minimum absolute atomic E-state index is 0.0516. The quantitative estimate of drug-likeness (QED) is 0.203. The number of carbonyl (C=O) groups is 4. The SMILES string of the molecule is COC1(NC(=O)C(C)N2C(=O)CCC2(O)C(=O)O)CN(S(=O)(=O)O)C1=O. The van der Waals surface area contributed by atoms with Crippen molar-refractivity contribution in [2.24, 2.45) is 0 Å². The van der Waals surface area contributed by atoms with Crippen molar-refractivity contribution in [2.45, 2.75) is 37.3 Å². The second kappa shape index (κ2) is 6.15. The molecule has 3 atom stereocenters. The second-order valence-corrected chi connectivity index (χ2v) is 7.21. The Morgan fingerprint density at radius 3 is 2.35 bits per heavy atom. The van der Waals surface area contributed by atoms with Gasteiger partial charge in [-0.2, -0.15) is 8.42 Å². The Morgan fingerprint density at radius 2 is 1.92 bits per heavy atom. The molecule has 2 aliphatic heterocycles. The van der Waals surface area contributed by atoms with Crippen molar-refractivity contribution in [1.29, 1.82) is 0 Å². The third-order valence-electron chi connectivity index (χ3n) is 4.35. The van der Waals surface area contributed by atoms with Crippen LogP contribution in [0, 0.1) is 0 Å². The van der Waals surface area contributed by atoms with E-state index in [1.807, 2.05) is 0 Å². The number of hydrogen-bond acceptors (Lipinski definition) is 8. The number of likely N-dealkylation sites (tertiary alicyclic amines) is 1. The lowest BCUT2D eigenvalue weighted by Gasteiger charge is -2.45. The van der Waals surface area contributed by atoms with Gasteiger partial charge in [-0.15, -0.1) is 0 Å². The molecule has 3 unspecified atom stereocenters. The molecule has 146 valence electrons. The zero-order valence-electron chi connectivity index (χ0n) is 13.7.